The van der Waals surface area contributed by atoms with Crippen molar-refractivity contribution < 1.29 is 28.7 Å². The molecule has 2 aliphatic heterocycles. The third-order valence-electron chi connectivity index (χ3n) is 4.88. The van der Waals surface area contributed by atoms with Gasteiger partial charge in [0.05, 0.1) is 0 Å². The van der Waals surface area contributed by atoms with Crippen molar-refractivity contribution >= 4 is 23.9 Å². The minimum absolute atomic E-state index is 0.107. The zero-order chi connectivity index (χ0) is 21.2. The van der Waals surface area contributed by atoms with Gasteiger partial charge in [0.15, 0.2) is 11.5 Å². The third-order valence-corrected chi connectivity index (χ3v) is 4.88. The van der Waals surface area contributed by atoms with Crippen LogP contribution in [0.2, 0.25) is 0 Å². The quantitative estimate of drug-likeness (QED) is 0.605. The zero-order valence-electron chi connectivity index (χ0n) is 16.5. The molecule has 1 aromatic rings. The molecule has 3 rings (SSSR count). The summed E-state index contributed by atoms with van der Waals surface area (Å²) in [6, 6.07) is 3.82. The molecule has 10 heteroatoms. The number of fused-ring (bicyclic) bond motifs is 1. The molecule has 0 unspecified atom stereocenters. The van der Waals surface area contributed by atoms with E-state index in [0.29, 0.717) is 17.9 Å². The van der Waals surface area contributed by atoms with E-state index >= 15 is 0 Å². The van der Waals surface area contributed by atoms with E-state index in [1.54, 1.807) is 32.0 Å². The fourth-order valence-corrected chi connectivity index (χ4v) is 3.14. The van der Waals surface area contributed by atoms with Crippen molar-refractivity contribution in [2.45, 2.75) is 45.2 Å². The second kappa shape index (κ2) is 7.98. The van der Waals surface area contributed by atoms with E-state index in [1.165, 1.54) is 0 Å². The van der Waals surface area contributed by atoms with Crippen LogP contribution in [0.3, 0.4) is 0 Å². The molecule has 2 atom stereocenters. The lowest BCUT2D eigenvalue weighted by atomic mass is 9.92. The maximum atomic E-state index is 12.8. The predicted molar refractivity (Wildman–Crippen MR) is 101 cm³/mol. The van der Waals surface area contributed by atoms with Gasteiger partial charge < -0.3 is 20.1 Å². The number of urea groups is 2. The smallest absolute Gasteiger partial charge is 0.325 e. The van der Waals surface area contributed by atoms with Gasteiger partial charge in [0.1, 0.15) is 12.1 Å². The first kappa shape index (κ1) is 20.4. The Bertz CT molecular complexity index is 857. The van der Waals surface area contributed by atoms with Crippen LogP contribution in [0.4, 0.5) is 9.59 Å². The largest absolute Gasteiger partial charge is 0.454 e. The lowest BCUT2D eigenvalue weighted by molar-refractivity contribution is -0.134. The summed E-state index contributed by atoms with van der Waals surface area (Å²) in [5.74, 6) is -0.0969. The number of hydrogen-bond acceptors (Lipinski definition) is 6. The van der Waals surface area contributed by atoms with Crippen LogP contribution >= 0.6 is 0 Å². The van der Waals surface area contributed by atoms with Gasteiger partial charge in [-0.25, -0.2) is 9.59 Å². The number of carbonyl (C=O) groups is 4. The fourth-order valence-electron chi connectivity index (χ4n) is 3.14. The molecule has 10 nitrogen and oxygen atoms in total. The molecule has 0 aliphatic carbocycles. The Labute approximate surface area is 167 Å². The number of benzene rings is 1. The second-order valence-electron chi connectivity index (χ2n) is 7.35. The topological polar surface area (TPSA) is 126 Å². The Morgan fingerprint density at radius 2 is 2.00 bits per heavy atom. The predicted octanol–water partition coefficient (Wildman–Crippen LogP) is 0.893. The molecule has 1 saturated heterocycles. The van der Waals surface area contributed by atoms with E-state index in [9.17, 15) is 19.2 Å². The first-order valence-corrected chi connectivity index (χ1v) is 9.35. The highest BCUT2D eigenvalue weighted by atomic mass is 16.7. The van der Waals surface area contributed by atoms with Gasteiger partial charge >= 0.3 is 12.1 Å². The molecule has 2 heterocycles. The molecule has 29 heavy (non-hydrogen) atoms. The number of hydrogen-bond donors (Lipinski definition) is 3. The van der Waals surface area contributed by atoms with Gasteiger partial charge in [-0.2, -0.15) is 0 Å². The van der Waals surface area contributed by atoms with Crippen molar-refractivity contribution in [3.63, 3.8) is 0 Å². The van der Waals surface area contributed by atoms with Crippen LogP contribution in [-0.4, -0.2) is 53.7 Å². The Hall–Kier alpha value is -3.30. The van der Waals surface area contributed by atoms with Crippen molar-refractivity contribution in [2.75, 3.05) is 13.3 Å². The van der Waals surface area contributed by atoms with E-state index in [0.717, 1.165) is 10.5 Å². The average molecular weight is 404 g/mol. The summed E-state index contributed by atoms with van der Waals surface area (Å²) in [5.41, 5.74) is -0.450. The Morgan fingerprint density at radius 3 is 2.72 bits per heavy atom. The average Bonchev–Trinajstić information content (AvgIpc) is 3.19. The molecule has 0 saturated carbocycles. The molecule has 3 N–H and O–H groups in total. The molecular formula is C19H24N4O6. The van der Waals surface area contributed by atoms with Crippen molar-refractivity contribution in [3.05, 3.63) is 23.8 Å². The number of nitrogens with zero attached hydrogens (tertiary/aromatic N) is 1. The number of imide groups is 2. The van der Waals surface area contributed by atoms with E-state index in [-0.39, 0.29) is 19.3 Å². The SMILES string of the molecule is CC[C@H](C)NC(=O)NC(=O)CN1C(=O)N[C@@](C)(Cc2ccc3c(c2)OCO3)C1=O. The fraction of sp³-hybridized carbons (Fsp3) is 0.474. The Kier molecular flexibility index (Phi) is 5.62. The maximum absolute atomic E-state index is 12.8. The van der Waals surface area contributed by atoms with Crippen molar-refractivity contribution in [2.24, 2.45) is 0 Å². The molecule has 0 aromatic heterocycles. The van der Waals surface area contributed by atoms with Gasteiger partial charge in [0.25, 0.3) is 5.91 Å². The van der Waals surface area contributed by atoms with Crippen LogP contribution in [0.25, 0.3) is 0 Å². The van der Waals surface area contributed by atoms with Crippen LogP contribution in [0.15, 0.2) is 18.2 Å². The summed E-state index contributed by atoms with van der Waals surface area (Å²) in [7, 11) is 0. The first-order chi connectivity index (χ1) is 13.7. The van der Waals surface area contributed by atoms with Gasteiger partial charge in [0, 0.05) is 12.5 Å². The summed E-state index contributed by atoms with van der Waals surface area (Å²) < 4.78 is 10.6. The number of nitrogens with one attached hydrogen (secondary N) is 3. The van der Waals surface area contributed by atoms with Crippen molar-refractivity contribution in [3.8, 4) is 11.5 Å². The lowest BCUT2D eigenvalue weighted by Gasteiger charge is -2.22. The monoisotopic (exact) mass is 404 g/mol. The highest BCUT2D eigenvalue weighted by molar-refractivity contribution is 6.09. The second-order valence-corrected chi connectivity index (χ2v) is 7.35. The standard InChI is InChI=1S/C19H24N4O6/c1-4-11(2)20-17(26)21-15(24)9-23-16(25)19(3,22-18(23)27)8-12-5-6-13-14(7-12)29-10-28-13/h5-7,11H,4,8-10H2,1-3H3,(H,22,27)(H2,20,21,24,26)/t11-,19-/m0/s1. The molecule has 0 bridgehead atoms. The number of rotatable bonds is 6. The van der Waals surface area contributed by atoms with Gasteiger partial charge in [-0.15, -0.1) is 0 Å². The minimum atomic E-state index is -1.22. The van der Waals surface area contributed by atoms with Crippen molar-refractivity contribution in [1.82, 2.24) is 20.9 Å². The van der Waals surface area contributed by atoms with Crippen molar-refractivity contribution in [1.29, 1.82) is 0 Å². The van der Waals surface area contributed by atoms with Gasteiger partial charge in [-0.1, -0.05) is 13.0 Å². The van der Waals surface area contributed by atoms with E-state index in [1.807, 2.05) is 6.92 Å². The first-order valence-electron chi connectivity index (χ1n) is 9.35. The van der Waals surface area contributed by atoms with Gasteiger partial charge in [-0.3, -0.25) is 19.8 Å². The normalized spacial score (nSPS) is 21.0. The number of ether oxygens (including phenoxy) is 2. The van der Waals surface area contributed by atoms with E-state index in [2.05, 4.69) is 16.0 Å². The van der Waals surface area contributed by atoms with Crippen LogP contribution in [0.1, 0.15) is 32.8 Å². The Morgan fingerprint density at radius 1 is 1.28 bits per heavy atom. The zero-order valence-corrected chi connectivity index (χ0v) is 16.5. The van der Waals surface area contributed by atoms with Crippen LogP contribution in [0, 0.1) is 0 Å². The third kappa shape index (κ3) is 4.41. The highest BCUT2D eigenvalue weighted by Gasteiger charge is 2.48. The maximum Gasteiger partial charge on any atom is 0.325 e. The molecule has 1 fully saturated rings. The van der Waals surface area contributed by atoms with Gasteiger partial charge in [0.2, 0.25) is 12.7 Å². The molecule has 6 amide bonds. The summed E-state index contributed by atoms with van der Waals surface area (Å²) >= 11 is 0. The molecule has 156 valence electrons. The van der Waals surface area contributed by atoms with Crippen LogP contribution in [-0.2, 0) is 16.0 Å². The number of amides is 6. The van der Waals surface area contributed by atoms with Gasteiger partial charge in [-0.05, 0) is 38.0 Å². The Balaban J connectivity index is 1.62. The number of carbonyl (C=O) groups excluding carboxylic acids is 4. The highest BCUT2D eigenvalue weighted by Crippen LogP contribution is 2.34. The summed E-state index contributed by atoms with van der Waals surface area (Å²) in [5, 5.41) is 7.34. The lowest BCUT2D eigenvalue weighted by Crippen LogP contribution is -2.49. The summed E-state index contributed by atoms with van der Waals surface area (Å²) in [6.07, 6.45) is 0.910. The molecule has 1 aromatic carbocycles. The molecule has 0 radical (unpaired) electrons. The minimum Gasteiger partial charge on any atom is -0.454 e. The summed E-state index contributed by atoms with van der Waals surface area (Å²) in [6.45, 7) is 4.87. The van der Waals surface area contributed by atoms with E-state index < -0.39 is 36.0 Å². The van der Waals surface area contributed by atoms with E-state index in [4.69, 9.17) is 9.47 Å². The molecule has 0 spiro atoms. The molecular weight excluding hydrogens is 380 g/mol. The summed E-state index contributed by atoms with van der Waals surface area (Å²) in [4.78, 5) is 49.8. The van der Waals surface area contributed by atoms with Crippen LogP contribution in [0.5, 0.6) is 11.5 Å². The van der Waals surface area contributed by atoms with Crippen LogP contribution < -0.4 is 25.4 Å². The molecule has 2 aliphatic rings.